The first-order chi connectivity index (χ1) is 12.8. The van der Waals surface area contributed by atoms with E-state index in [1.165, 1.54) is 6.92 Å². The third kappa shape index (κ3) is 6.06. The predicted molar refractivity (Wildman–Crippen MR) is 105 cm³/mol. The Hall–Kier alpha value is -2.95. The Kier molecular flexibility index (Phi) is 6.88. The number of esters is 1. The van der Waals surface area contributed by atoms with E-state index in [0.29, 0.717) is 11.3 Å². The van der Waals surface area contributed by atoms with Crippen molar-refractivity contribution in [3.63, 3.8) is 0 Å². The lowest BCUT2D eigenvalue weighted by Gasteiger charge is -2.14. The van der Waals surface area contributed by atoms with Gasteiger partial charge in [0.25, 0.3) is 5.91 Å². The van der Waals surface area contributed by atoms with Crippen LogP contribution >= 0.6 is 0 Å². The van der Waals surface area contributed by atoms with E-state index in [1.54, 1.807) is 12.1 Å². The second kappa shape index (κ2) is 9.12. The molecule has 1 N–H and O–H groups in total. The molecule has 142 valence electrons. The molecule has 0 unspecified atom stereocenters. The van der Waals surface area contributed by atoms with Gasteiger partial charge in [0, 0.05) is 17.7 Å². The van der Waals surface area contributed by atoms with Crippen LogP contribution in [0.25, 0.3) is 0 Å². The SMILES string of the molecule is Cc1ccc(NC(=O)[C@@H](C)OC(=O)CCC(=O)c2cc(C)ccc2C)cc1. The molecule has 0 saturated heterocycles. The van der Waals surface area contributed by atoms with Gasteiger partial charge in [-0.15, -0.1) is 0 Å². The second-order valence-electron chi connectivity index (χ2n) is 6.73. The first-order valence-electron chi connectivity index (χ1n) is 8.93. The molecule has 0 fully saturated rings. The molecular formula is C22H25NO4. The predicted octanol–water partition coefficient (Wildman–Crippen LogP) is 4.15. The van der Waals surface area contributed by atoms with E-state index in [1.807, 2.05) is 51.1 Å². The molecule has 0 bridgehead atoms. The van der Waals surface area contributed by atoms with Gasteiger partial charge in [0.05, 0.1) is 6.42 Å². The lowest BCUT2D eigenvalue weighted by Crippen LogP contribution is -2.30. The van der Waals surface area contributed by atoms with E-state index in [2.05, 4.69) is 5.32 Å². The molecule has 0 aliphatic rings. The van der Waals surface area contributed by atoms with Crippen molar-refractivity contribution >= 4 is 23.3 Å². The van der Waals surface area contributed by atoms with Crippen molar-refractivity contribution in [1.29, 1.82) is 0 Å². The van der Waals surface area contributed by atoms with Gasteiger partial charge < -0.3 is 10.1 Å². The van der Waals surface area contributed by atoms with Crippen molar-refractivity contribution in [3.8, 4) is 0 Å². The average molecular weight is 367 g/mol. The molecule has 5 nitrogen and oxygen atoms in total. The zero-order valence-corrected chi connectivity index (χ0v) is 16.2. The molecule has 0 aliphatic heterocycles. The minimum atomic E-state index is -0.936. The smallest absolute Gasteiger partial charge is 0.307 e. The molecule has 2 rings (SSSR count). The Bertz CT molecular complexity index is 840. The van der Waals surface area contributed by atoms with Gasteiger partial charge in [0.1, 0.15) is 0 Å². The van der Waals surface area contributed by atoms with Crippen LogP contribution in [0.5, 0.6) is 0 Å². The quantitative estimate of drug-likeness (QED) is 0.589. The van der Waals surface area contributed by atoms with Gasteiger partial charge in [0.2, 0.25) is 0 Å². The topological polar surface area (TPSA) is 72.5 Å². The summed E-state index contributed by atoms with van der Waals surface area (Å²) in [6.45, 7) is 7.24. The summed E-state index contributed by atoms with van der Waals surface area (Å²) >= 11 is 0. The molecule has 2 aromatic carbocycles. The van der Waals surface area contributed by atoms with Crippen molar-refractivity contribution in [2.24, 2.45) is 0 Å². The van der Waals surface area contributed by atoms with E-state index >= 15 is 0 Å². The zero-order valence-electron chi connectivity index (χ0n) is 16.2. The highest BCUT2D eigenvalue weighted by molar-refractivity contribution is 5.99. The van der Waals surface area contributed by atoms with Gasteiger partial charge in [-0.05, 0) is 51.5 Å². The van der Waals surface area contributed by atoms with Gasteiger partial charge in [0.15, 0.2) is 11.9 Å². The molecule has 0 heterocycles. The number of carbonyl (C=O) groups excluding carboxylic acids is 3. The van der Waals surface area contributed by atoms with Crippen LogP contribution in [0.3, 0.4) is 0 Å². The van der Waals surface area contributed by atoms with Gasteiger partial charge in [-0.1, -0.05) is 35.4 Å². The second-order valence-corrected chi connectivity index (χ2v) is 6.73. The third-order valence-corrected chi connectivity index (χ3v) is 4.25. The summed E-state index contributed by atoms with van der Waals surface area (Å²) in [4.78, 5) is 36.4. The van der Waals surface area contributed by atoms with Crippen molar-refractivity contribution in [3.05, 3.63) is 64.7 Å². The number of anilines is 1. The van der Waals surface area contributed by atoms with Gasteiger partial charge >= 0.3 is 5.97 Å². The minimum Gasteiger partial charge on any atom is -0.453 e. The standard InChI is InChI=1S/C22H25NO4/c1-14-6-9-18(10-7-14)23-22(26)17(4)27-21(25)12-11-20(24)19-13-15(2)5-8-16(19)3/h5-10,13,17H,11-12H2,1-4H3,(H,23,26)/t17-/m1/s1. The zero-order chi connectivity index (χ0) is 20.0. The summed E-state index contributed by atoms with van der Waals surface area (Å²) in [5.41, 5.74) is 4.21. The number of carbonyl (C=O) groups is 3. The summed E-state index contributed by atoms with van der Waals surface area (Å²) in [7, 11) is 0. The number of hydrogen-bond donors (Lipinski definition) is 1. The maximum Gasteiger partial charge on any atom is 0.307 e. The number of hydrogen-bond acceptors (Lipinski definition) is 4. The molecule has 5 heteroatoms. The van der Waals surface area contributed by atoms with Gasteiger partial charge in [-0.2, -0.15) is 0 Å². The maximum atomic E-state index is 12.3. The Labute approximate surface area is 159 Å². The Morgan fingerprint density at radius 2 is 1.56 bits per heavy atom. The van der Waals surface area contributed by atoms with Crippen molar-refractivity contribution < 1.29 is 19.1 Å². The molecule has 0 aromatic heterocycles. The van der Waals surface area contributed by atoms with Gasteiger partial charge in [-0.25, -0.2) is 0 Å². The summed E-state index contributed by atoms with van der Waals surface area (Å²) in [6, 6.07) is 13.0. The largest absolute Gasteiger partial charge is 0.453 e. The number of benzene rings is 2. The maximum absolute atomic E-state index is 12.3. The highest BCUT2D eigenvalue weighted by Crippen LogP contribution is 2.15. The first kappa shape index (κ1) is 20.4. The summed E-state index contributed by atoms with van der Waals surface area (Å²) < 4.78 is 5.15. The summed E-state index contributed by atoms with van der Waals surface area (Å²) in [5.74, 6) is -1.09. The number of rotatable bonds is 7. The molecule has 0 radical (unpaired) electrons. The monoisotopic (exact) mass is 367 g/mol. The molecule has 27 heavy (non-hydrogen) atoms. The van der Waals surface area contributed by atoms with Crippen LogP contribution in [0, 0.1) is 20.8 Å². The fourth-order valence-corrected chi connectivity index (χ4v) is 2.58. The molecule has 0 saturated carbocycles. The number of ether oxygens (including phenoxy) is 1. The number of aryl methyl sites for hydroxylation is 3. The Morgan fingerprint density at radius 1 is 0.926 bits per heavy atom. The van der Waals surface area contributed by atoms with Gasteiger partial charge in [-0.3, -0.25) is 14.4 Å². The fraction of sp³-hybridized carbons (Fsp3) is 0.318. The Morgan fingerprint density at radius 3 is 2.22 bits per heavy atom. The Balaban J connectivity index is 1.83. The number of ketones is 1. The normalized spacial score (nSPS) is 11.6. The van der Waals surface area contributed by atoms with Crippen LogP contribution in [0.1, 0.15) is 46.8 Å². The number of nitrogens with one attached hydrogen (secondary N) is 1. The number of Topliss-reactive ketones (excluding diaryl/α,β-unsaturated/α-hetero) is 1. The van der Waals surface area contributed by atoms with E-state index in [-0.39, 0.29) is 18.6 Å². The van der Waals surface area contributed by atoms with Crippen LogP contribution in [0.2, 0.25) is 0 Å². The van der Waals surface area contributed by atoms with Crippen molar-refractivity contribution in [2.45, 2.75) is 46.6 Å². The van der Waals surface area contributed by atoms with Crippen LogP contribution in [-0.4, -0.2) is 23.8 Å². The van der Waals surface area contributed by atoms with E-state index in [0.717, 1.165) is 16.7 Å². The summed E-state index contributed by atoms with van der Waals surface area (Å²) in [6.07, 6.45) is -0.946. The molecule has 0 spiro atoms. The number of amides is 1. The average Bonchev–Trinajstić information content (AvgIpc) is 2.63. The fourth-order valence-electron chi connectivity index (χ4n) is 2.58. The van der Waals surface area contributed by atoms with E-state index < -0.39 is 18.0 Å². The highest BCUT2D eigenvalue weighted by Gasteiger charge is 2.19. The molecule has 1 atom stereocenters. The van der Waals surface area contributed by atoms with Crippen molar-refractivity contribution in [2.75, 3.05) is 5.32 Å². The minimum absolute atomic E-state index is 0.0510. The van der Waals surface area contributed by atoms with Crippen molar-refractivity contribution in [1.82, 2.24) is 0 Å². The highest BCUT2D eigenvalue weighted by atomic mass is 16.5. The lowest BCUT2D eigenvalue weighted by molar-refractivity contribution is -0.153. The molecule has 0 aliphatic carbocycles. The molecule has 2 aromatic rings. The first-order valence-corrected chi connectivity index (χ1v) is 8.93. The van der Waals surface area contributed by atoms with E-state index in [4.69, 9.17) is 4.74 Å². The molecular weight excluding hydrogens is 342 g/mol. The summed E-state index contributed by atoms with van der Waals surface area (Å²) in [5, 5.41) is 2.70. The van der Waals surface area contributed by atoms with E-state index in [9.17, 15) is 14.4 Å². The van der Waals surface area contributed by atoms with Crippen LogP contribution in [0.4, 0.5) is 5.69 Å². The van der Waals surface area contributed by atoms with Crippen LogP contribution in [-0.2, 0) is 14.3 Å². The van der Waals surface area contributed by atoms with Crippen LogP contribution in [0.15, 0.2) is 42.5 Å². The molecule has 1 amide bonds. The third-order valence-electron chi connectivity index (χ3n) is 4.25. The van der Waals surface area contributed by atoms with Crippen LogP contribution < -0.4 is 5.32 Å². The lowest BCUT2D eigenvalue weighted by atomic mass is 9.99.